The van der Waals surface area contributed by atoms with Crippen molar-refractivity contribution in [3.63, 3.8) is 0 Å². The molecule has 4 nitrogen and oxygen atoms in total. The van der Waals surface area contributed by atoms with Gasteiger partial charge in [-0.2, -0.15) is 0 Å². The van der Waals surface area contributed by atoms with Crippen molar-refractivity contribution in [1.82, 2.24) is 0 Å². The van der Waals surface area contributed by atoms with E-state index in [1.54, 1.807) is 0 Å². The molecule has 2 rings (SSSR count). The number of hydrogen-bond donors (Lipinski definition) is 0. The SMILES string of the molecule is CCOC(=O)CC1(B2OC(C)(C)C(C)(C)O2)CCC1. The van der Waals surface area contributed by atoms with Crippen LogP contribution in [0.1, 0.15) is 60.3 Å². The highest BCUT2D eigenvalue weighted by Gasteiger charge is 2.61. The van der Waals surface area contributed by atoms with E-state index >= 15 is 0 Å². The van der Waals surface area contributed by atoms with Crippen LogP contribution in [0.4, 0.5) is 0 Å². The normalized spacial score (nSPS) is 26.9. The molecular formula is C14H25BO4. The molecule has 2 aliphatic rings. The summed E-state index contributed by atoms with van der Waals surface area (Å²) in [6.07, 6.45) is 3.48. The average molecular weight is 268 g/mol. The highest BCUT2D eigenvalue weighted by Crippen LogP contribution is 2.58. The van der Waals surface area contributed by atoms with Gasteiger partial charge in [0, 0.05) is 11.7 Å². The lowest BCUT2D eigenvalue weighted by Crippen LogP contribution is -2.42. The number of rotatable bonds is 4. The first-order valence-electron chi connectivity index (χ1n) is 7.24. The molecule has 0 bridgehead atoms. The molecule has 0 N–H and O–H groups in total. The molecule has 0 atom stereocenters. The Morgan fingerprint density at radius 2 is 1.68 bits per heavy atom. The fraction of sp³-hybridized carbons (Fsp3) is 0.929. The molecule has 0 aromatic heterocycles. The second-order valence-corrected chi connectivity index (χ2v) is 6.79. The van der Waals surface area contributed by atoms with Crippen LogP contribution < -0.4 is 0 Å². The summed E-state index contributed by atoms with van der Waals surface area (Å²) in [5.41, 5.74) is -0.677. The lowest BCUT2D eigenvalue weighted by molar-refractivity contribution is -0.144. The summed E-state index contributed by atoms with van der Waals surface area (Å²) in [5.74, 6) is -0.142. The quantitative estimate of drug-likeness (QED) is 0.581. The van der Waals surface area contributed by atoms with Crippen LogP contribution in [-0.2, 0) is 18.8 Å². The van der Waals surface area contributed by atoms with Crippen LogP contribution in [0.25, 0.3) is 0 Å². The molecule has 0 amide bonds. The minimum atomic E-state index is -0.338. The summed E-state index contributed by atoms with van der Waals surface area (Å²) in [4.78, 5) is 11.8. The Labute approximate surface area is 116 Å². The van der Waals surface area contributed by atoms with E-state index in [4.69, 9.17) is 14.0 Å². The Morgan fingerprint density at radius 1 is 1.16 bits per heavy atom. The third-order valence-corrected chi connectivity index (χ3v) is 4.90. The zero-order chi connectivity index (χ0) is 14.3. The van der Waals surface area contributed by atoms with Gasteiger partial charge in [0.2, 0.25) is 0 Å². The fourth-order valence-electron chi connectivity index (χ4n) is 2.72. The van der Waals surface area contributed by atoms with E-state index < -0.39 is 0 Å². The summed E-state index contributed by atoms with van der Waals surface area (Å²) in [5, 5.41) is -0.183. The van der Waals surface area contributed by atoms with Crippen molar-refractivity contribution >= 4 is 13.1 Å². The van der Waals surface area contributed by atoms with E-state index in [9.17, 15) is 4.79 Å². The van der Waals surface area contributed by atoms with Gasteiger partial charge in [0.1, 0.15) is 0 Å². The molecule has 0 aromatic rings. The van der Waals surface area contributed by atoms with Crippen LogP contribution in [0.5, 0.6) is 0 Å². The molecule has 0 spiro atoms. The zero-order valence-corrected chi connectivity index (χ0v) is 12.7. The molecule has 1 saturated carbocycles. The molecule has 1 heterocycles. The number of esters is 1. The van der Waals surface area contributed by atoms with Crippen LogP contribution in [0.2, 0.25) is 5.31 Å². The van der Waals surface area contributed by atoms with Crippen LogP contribution >= 0.6 is 0 Å². The van der Waals surface area contributed by atoms with E-state index in [1.165, 1.54) is 0 Å². The van der Waals surface area contributed by atoms with Crippen molar-refractivity contribution in [2.24, 2.45) is 0 Å². The van der Waals surface area contributed by atoms with Gasteiger partial charge >= 0.3 is 13.1 Å². The van der Waals surface area contributed by atoms with Crippen LogP contribution in [0.15, 0.2) is 0 Å². The van der Waals surface area contributed by atoms with Gasteiger partial charge < -0.3 is 14.0 Å². The van der Waals surface area contributed by atoms with Gasteiger partial charge in [-0.3, -0.25) is 4.79 Å². The van der Waals surface area contributed by atoms with Gasteiger partial charge in [-0.1, -0.05) is 6.42 Å². The second-order valence-electron chi connectivity index (χ2n) is 6.79. The summed E-state index contributed by atoms with van der Waals surface area (Å²) in [6, 6.07) is 0. The molecule has 19 heavy (non-hydrogen) atoms. The van der Waals surface area contributed by atoms with Crippen molar-refractivity contribution in [1.29, 1.82) is 0 Å². The van der Waals surface area contributed by atoms with Crippen LogP contribution in [0, 0.1) is 0 Å². The van der Waals surface area contributed by atoms with Gasteiger partial charge in [-0.05, 0) is 47.5 Å². The Balaban J connectivity index is 2.09. The van der Waals surface area contributed by atoms with Crippen molar-refractivity contribution in [2.45, 2.75) is 76.8 Å². The predicted molar refractivity (Wildman–Crippen MR) is 73.9 cm³/mol. The number of carbonyl (C=O) groups is 1. The monoisotopic (exact) mass is 268 g/mol. The smallest absolute Gasteiger partial charge is 0.465 e. The third kappa shape index (κ3) is 2.55. The van der Waals surface area contributed by atoms with Crippen molar-refractivity contribution in [2.75, 3.05) is 6.61 Å². The summed E-state index contributed by atoms with van der Waals surface area (Å²) in [6.45, 7) is 10.4. The topological polar surface area (TPSA) is 44.8 Å². The Bertz CT molecular complexity index is 344. The van der Waals surface area contributed by atoms with Gasteiger partial charge in [-0.25, -0.2) is 0 Å². The number of ether oxygens (including phenoxy) is 1. The van der Waals surface area contributed by atoms with E-state index in [0.717, 1.165) is 19.3 Å². The molecule has 2 fully saturated rings. The summed E-state index contributed by atoms with van der Waals surface area (Å²) < 4.78 is 17.3. The maximum absolute atomic E-state index is 11.8. The standard InChI is InChI=1S/C14H25BO4/c1-6-17-11(16)10-14(8-7-9-14)15-18-12(2,3)13(4,5)19-15/h6-10H2,1-5H3. The lowest BCUT2D eigenvalue weighted by Gasteiger charge is -2.42. The molecule has 0 radical (unpaired) electrons. The van der Waals surface area contributed by atoms with E-state index in [-0.39, 0.29) is 29.6 Å². The molecule has 108 valence electrons. The van der Waals surface area contributed by atoms with E-state index in [2.05, 4.69) is 0 Å². The van der Waals surface area contributed by atoms with Crippen molar-refractivity contribution in [3.05, 3.63) is 0 Å². The molecule has 1 aliphatic carbocycles. The Kier molecular flexibility index (Phi) is 3.73. The summed E-state index contributed by atoms with van der Waals surface area (Å²) >= 11 is 0. The van der Waals surface area contributed by atoms with Crippen molar-refractivity contribution < 1.29 is 18.8 Å². The highest BCUT2D eigenvalue weighted by molar-refractivity contribution is 6.50. The molecule has 0 unspecified atom stereocenters. The van der Waals surface area contributed by atoms with Gasteiger partial charge in [0.15, 0.2) is 0 Å². The molecule has 1 aliphatic heterocycles. The lowest BCUT2D eigenvalue weighted by atomic mass is 9.45. The number of carbonyl (C=O) groups excluding carboxylic acids is 1. The van der Waals surface area contributed by atoms with E-state index in [1.807, 2.05) is 34.6 Å². The predicted octanol–water partition coefficient (Wildman–Crippen LogP) is 2.96. The molecule has 1 saturated heterocycles. The van der Waals surface area contributed by atoms with Gasteiger partial charge in [0.05, 0.1) is 17.8 Å². The van der Waals surface area contributed by atoms with Crippen molar-refractivity contribution in [3.8, 4) is 0 Å². The zero-order valence-electron chi connectivity index (χ0n) is 12.7. The van der Waals surface area contributed by atoms with Gasteiger partial charge in [-0.15, -0.1) is 0 Å². The first-order valence-corrected chi connectivity index (χ1v) is 7.24. The summed E-state index contributed by atoms with van der Waals surface area (Å²) in [7, 11) is -0.296. The third-order valence-electron chi connectivity index (χ3n) is 4.90. The largest absolute Gasteiger partial charge is 0.466 e. The first-order chi connectivity index (χ1) is 8.72. The Morgan fingerprint density at radius 3 is 2.05 bits per heavy atom. The van der Waals surface area contributed by atoms with Gasteiger partial charge in [0.25, 0.3) is 0 Å². The first kappa shape index (κ1) is 14.9. The fourth-order valence-corrected chi connectivity index (χ4v) is 2.72. The molecule has 5 heteroatoms. The number of hydrogen-bond acceptors (Lipinski definition) is 4. The minimum absolute atomic E-state index is 0.142. The molecular weight excluding hydrogens is 243 g/mol. The Hall–Kier alpha value is -0.545. The molecule has 0 aromatic carbocycles. The maximum atomic E-state index is 11.8. The minimum Gasteiger partial charge on any atom is -0.466 e. The van der Waals surface area contributed by atoms with Crippen LogP contribution in [-0.4, -0.2) is 30.9 Å². The highest BCUT2D eigenvalue weighted by atomic mass is 16.7. The average Bonchev–Trinajstić information content (AvgIpc) is 2.42. The van der Waals surface area contributed by atoms with Crippen LogP contribution in [0.3, 0.4) is 0 Å². The maximum Gasteiger partial charge on any atom is 0.465 e. The van der Waals surface area contributed by atoms with E-state index in [0.29, 0.717) is 13.0 Å². The second kappa shape index (κ2) is 4.78.